The normalized spacial score (nSPS) is 18.8. The van der Waals surface area contributed by atoms with Gasteiger partial charge in [-0.25, -0.2) is 13.2 Å². The average Bonchev–Trinajstić information content (AvgIpc) is 2.89. The number of ether oxygens (including phenoxy) is 1. The van der Waals surface area contributed by atoms with Gasteiger partial charge in [0.15, 0.2) is 23.2 Å². The summed E-state index contributed by atoms with van der Waals surface area (Å²) >= 11 is 0. The Balaban J connectivity index is 1.43. The molecule has 3 aromatic carbocycles. The third-order valence-electron chi connectivity index (χ3n) is 7.27. The van der Waals surface area contributed by atoms with Crippen molar-refractivity contribution in [3.05, 3.63) is 88.5 Å². The number of aliphatic hydroxyl groups is 1. The molecule has 1 aliphatic rings. The first-order valence-corrected chi connectivity index (χ1v) is 12.7. The first kappa shape index (κ1) is 26.2. The van der Waals surface area contributed by atoms with E-state index < -0.39 is 29.4 Å². The van der Waals surface area contributed by atoms with Crippen LogP contribution in [-0.2, 0) is 0 Å². The summed E-state index contributed by atoms with van der Waals surface area (Å²) in [4.78, 5) is 0. The van der Waals surface area contributed by atoms with Gasteiger partial charge in [0.1, 0.15) is 0 Å². The van der Waals surface area contributed by atoms with Crippen molar-refractivity contribution in [3.63, 3.8) is 0 Å². The summed E-state index contributed by atoms with van der Waals surface area (Å²) in [6, 6.07) is 13.5. The number of rotatable bonds is 8. The molecule has 1 fully saturated rings. The Labute approximate surface area is 209 Å². The van der Waals surface area contributed by atoms with E-state index in [1.54, 1.807) is 25.1 Å². The van der Waals surface area contributed by atoms with Crippen molar-refractivity contribution < 1.29 is 27.4 Å². The van der Waals surface area contributed by atoms with Crippen LogP contribution in [0.3, 0.4) is 0 Å². The second-order valence-electron chi connectivity index (χ2n) is 9.52. The zero-order valence-corrected chi connectivity index (χ0v) is 20.7. The third-order valence-corrected chi connectivity index (χ3v) is 7.27. The molecule has 0 saturated heterocycles. The van der Waals surface area contributed by atoms with Crippen molar-refractivity contribution in [2.45, 2.75) is 70.3 Å². The molecule has 192 valence electrons. The zero-order chi connectivity index (χ0) is 25.8. The predicted molar refractivity (Wildman–Crippen MR) is 133 cm³/mol. The van der Waals surface area contributed by atoms with E-state index in [-0.39, 0.29) is 35.3 Å². The van der Waals surface area contributed by atoms with E-state index in [1.807, 2.05) is 19.1 Å². The fraction of sp³-hybridized carbons (Fsp3) is 0.400. The van der Waals surface area contributed by atoms with Crippen LogP contribution in [0.1, 0.15) is 87.0 Å². The van der Waals surface area contributed by atoms with Crippen LogP contribution >= 0.6 is 0 Å². The molecule has 0 aliphatic heterocycles. The summed E-state index contributed by atoms with van der Waals surface area (Å²) in [7, 11) is 0. The van der Waals surface area contributed by atoms with Gasteiger partial charge >= 0.3 is 0 Å². The maximum atomic E-state index is 14.9. The van der Waals surface area contributed by atoms with E-state index in [9.17, 15) is 22.7 Å². The molecule has 2 nitrogen and oxygen atoms in total. The van der Waals surface area contributed by atoms with Crippen molar-refractivity contribution in [3.8, 4) is 16.9 Å². The lowest BCUT2D eigenvalue weighted by atomic mass is 9.75. The second-order valence-corrected chi connectivity index (χ2v) is 9.52. The number of aliphatic hydroxyl groups excluding tert-OH is 1. The van der Waals surface area contributed by atoms with Gasteiger partial charge in [-0.3, -0.25) is 0 Å². The van der Waals surface area contributed by atoms with Gasteiger partial charge in [-0.2, -0.15) is 4.39 Å². The molecule has 1 aliphatic carbocycles. The topological polar surface area (TPSA) is 29.5 Å². The molecular formula is C30H32F4O2. The molecule has 1 N–H and O–H groups in total. The molecule has 1 atom stereocenters. The van der Waals surface area contributed by atoms with Crippen LogP contribution in [-0.4, -0.2) is 11.7 Å². The minimum absolute atomic E-state index is 0.0238. The highest BCUT2D eigenvalue weighted by atomic mass is 19.2. The summed E-state index contributed by atoms with van der Waals surface area (Å²) in [6.07, 6.45) is 3.15. The average molecular weight is 501 g/mol. The highest BCUT2D eigenvalue weighted by Gasteiger charge is 2.28. The van der Waals surface area contributed by atoms with E-state index in [0.29, 0.717) is 24.0 Å². The Morgan fingerprint density at radius 1 is 0.778 bits per heavy atom. The summed E-state index contributed by atoms with van der Waals surface area (Å²) < 4.78 is 63.4. The van der Waals surface area contributed by atoms with Gasteiger partial charge in [0.05, 0.1) is 12.7 Å². The number of halogens is 4. The highest BCUT2D eigenvalue weighted by molar-refractivity contribution is 5.65. The predicted octanol–water partition coefficient (Wildman–Crippen LogP) is 8.58. The summed E-state index contributed by atoms with van der Waals surface area (Å²) in [5.74, 6) is -3.63. The molecule has 0 radical (unpaired) electrons. The van der Waals surface area contributed by atoms with Gasteiger partial charge in [-0.05, 0) is 79.7 Å². The van der Waals surface area contributed by atoms with Crippen LogP contribution < -0.4 is 4.74 Å². The van der Waals surface area contributed by atoms with E-state index in [2.05, 4.69) is 0 Å². The molecule has 1 unspecified atom stereocenters. The van der Waals surface area contributed by atoms with E-state index in [4.69, 9.17) is 4.74 Å². The second kappa shape index (κ2) is 11.5. The van der Waals surface area contributed by atoms with E-state index >= 15 is 0 Å². The highest BCUT2D eigenvalue weighted by Crippen LogP contribution is 2.42. The number of hydrogen-bond acceptors (Lipinski definition) is 2. The van der Waals surface area contributed by atoms with Gasteiger partial charge < -0.3 is 9.84 Å². The fourth-order valence-corrected chi connectivity index (χ4v) is 5.28. The van der Waals surface area contributed by atoms with E-state index in [1.165, 1.54) is 18.2 Å². The lowest BCUT2D eigenvalue weighted by Crippen LogP contribution is -2.15. The Morgan fingerprint density at radius 2 is 1.44 bits per heavy atom. The fourth-order valence-electron chi connectivity index (χ4n) is 5.28. The SMILES string of the molecule is CCCC(O)c1ccc(C2CCC(c3ccc(-c4ccc(OCC)c(F)c4F)cc3)CC2)c(F)c1F. The molecule has 36 heavy (non-hydrogen) atoms. The van der Waals surface area contributed by atoms with Crippen LogP contribution in [0.4, 0.5) is 17.6 Å². The molecule has 1 saturated carbocycles. The molecule has 0 amide bonds. The van der Waals surface area contributed by atoms with Crippen LogP contribution in [0.15, 0.2) is 48.5 Å². The lowest BCUT2D eigenvalue weighted by Gasteiger charge is -2.30. The standard InChI is InChI=1S/C30H32F4O2/c1-3-5-25(35)24-15-14-22(27(31)29(24)33)20-10-6-18(7-11-20)19-8-12-21(13-9-19)23-16-17-26(36-4-2)30(34)28(23)32/h8-9,12-18,20,25,35H,3-7,10-11H2,1-2H3. The van der Waals surface area contributed by atoms with Gasteiger partial charge in [0.25, 0.3) is 0 Å². The van der Waals surface area contributed by atoms with Gasteiger partial charge in [-0.1, -0.05) is 49.7 Å². The molecular weight excluding hydrogens is 468 g/mol. The Kier molecular flexibility index (Phi) is 8.35. The Morgan fingerprint density at radius 3 is 2.08 bits per heavy atom. The number of hydrogen-bond donors (Lipinski definition) is 1. The summed E-state index contributed by atoms with van der Waals surface area (Å²) in [6.45, 7) is 3.85. The first-order chi connectivity index (χ1) is 17.3. The zero-order valence-electron chi connectivity index (χ0n) is 20.7. The van der Waals surface area contributed by atoms with Crippen LogP contribution in [0, 0.1) is 23.3 Å². The Bertz CT molecular complexity index is 1180. The van der Waals surface area contributed by atoms with Crippen LogP contribution in [0.25, 0.3) is 11.1 Å². The summed E-state index contributed by atoms with van der Waals surface area (Å²) in [5.41, 5.74) is 2.25. The lowest BCUT2D eigenvalue weighted by molar-refractivity contribution is 0.160. The van der Waals surface area contributed by atoms with Crippen molar-refractivity contribution in [1.82, 2.24) is 0 Å². The van der Waals surface area contributed by atoms with Crippen molar-refractivity contribution in [1.29, 1.82) is 0 Å². The van der Waals surface area contributed by atoms with Crippen molar-refractivity contribution >= 4 is 0 Å². The van der Waals surface area contributed by atoms with Crippen molar-refractivity contribution in [2.75, 3.05) is 6.61 Å². The monoisotopic (exact) mass is 500 g/mol. The van der Waals surface area contributed by atoms with E-state index in [0.717, 1.165) is 31.2 Å². The first-order valence-electron chi connectivity index (χ1n) is 12.7. The summed E-state index contributed by atoms with van der Waals surface area (Å²) in [5, 5.41) is 10.1. The third kappa shape index (κ3) is 5.29. The molecule has 0 bridgehead atoms. The molecule has 6 heteroatoms. The molecule has 0 spiro atoms. The van der Waals surface area contributed by atoms with Crippen LogP contribution in [0.2, 0.25) is 0 Å². The maximum Gasteiger partial charge on any atom is 0.201 e. The van der Waals surface area contributed by atoms with Gasteiger partial charge in [-0.15, -0.1) is 0 Å². The van der Waals surface area contributed by atoms with Crippen molar-refractivity contribution in [2.24, 2.45) is 0 Å². The van der Waals surface area contributed by atoms with Gasteiger partial charge in [0, 0.05) is 11.1 Å². The smallest absolute Gasteiger partial charge is 0.201 e. The van der Waals surface area contributed by atoms with Crippen LogP contribution in [0.5, 0.6) is 5.75 Å². The minimum Gasteiger partial charge on any atom is -0.491 e. The molecule has 0 heterocycles. The molecule has 3 aromatic rings. The number of benzene rings is 3. The molecule has 0 aromatic heterocycles. The quantitative estimate of drug-likeness (QED) is 0.314. The maximum absolute atomic E-state index is 14.9. The molecule has 4 rings (SSSR count). The minimum atomic E-state index is -0.996. The van der Waals surface area contributed by atoms with Gasteiger partial charge in [0.2, 0.25) is 5.82 Å². The Hall–Kier alpha value is -2.86. The largest absolute Gasteiger partial charge is 0.491 e.